The van der Waals surface area contributed by atoms with E-state index in [9.17, 15) is 22.4 Å². The van der Waals surface area contributed by atoms with Crippen LogP contribution in [0.15, 0.2) is 24.3 Å². The molecule has 0 spiro atoms. The second-order valence-electron chi connectivity index (χ2n) is 7.00. The van der Waals surface area contributed by atoms with E-state index >= 15 is 0 Å². The van der Waals surface area contributed by atoms with Crippen LogP contribution in [0.2, 0.25) is 5.02 Å². The number of halogens is 5. The number of rotatable bonds is 2. The van der Waals surface area contributed by atoms with Crippen molar-refractivity contribution in [2.24, 2.45) is 0 Å². The Kier molecular flexibility index (Phi) is 4.73. The van der Waals surface area contributed by atoms with Gasteiger partial charge in [-0.3, -0.25) is 4.79 Å². The van der Waals surface area contributed by atoms with E-state index in [-0.39, 0.29) is 23.0 Å². The Hall–Kier alpha value is -2.29. The van der Waals surface area contributed by atoms with E-state index in [4.69, 9.17) is 11.6 Å². The summed E-state index contributed by atoms with van der Waals surface area (Å²) in [5, 5.41) is 6.75. The Labute approximate surface area is 163 Å². The van der Waals surface area contributed by atoms with Crippen molar-refractivity contribution in [1.82, 2.24) is 14.7 Å². The number of alkyl halides is 3. The van der Waals surface area contributed by atoms with Crippen LogP contribution in [0.3, 0.4) is 0 Å². The number of carbonyl (C=O) groups excluding carboxylic acids is 1. The van der Waals surface area contributed by atoms with Crippen LogP contribution in [0, 0.1) is 5.82 Å². The Balaban J connectivity index is 1.73. The third-order valence-corrected chi connectivity index (χ3v) is 5.52. The lowest BCUT2D eigenvalue weighted by molar-refractivity contribution is -0.173. The predicted molar refractivity (Wildman–Crippen MR) is 94.8 cm³/mol. The summed E-state index contributed by atoms with van der Waals surface area (Å²) >= 11 is 6.29. The van der Waals surface area contributed by atoms with Crippen LogP contribution in [0.25, 0.3) is 0 Å². The number of anilines is 1. The van der Waals surface area contributed by atoms with Gasteiger partial charge in [0, 0.05) is 19.5 Å². The molecule has 0 aliphatic carbocycles. The number of carbonyl (C=O) groups is 1. The van der Waals surface area contributed by atoms with Gasteiger partial charge in [0.15, 0.2) is 11.7 Å². The van der Waals surface area contributed by atoms with Crippen LogP contribution in [-0.2, 0) is 0 Å². The van der Waals surface area contributed by atoms with Gasteiger partial charge in [0.2, 0.25) is 0 Å². The van der Waals surface area contributed by atoms with Gasteiger partial charge in [-0.15, -0.1) is 0 Å². The smallest absolute Gasteiger partial charge is 0.362 e. The molecule has 5 nitrogen and oxygen atoms in total. The van der Waals surface area contributed by atoms with Crippen LogP contribution in [0.5, 0.6) is 0 Å². The average Bonchev–Trinajstić information content (AvgIpc) is 3.29. The normalized spacial score (nSPS) is 22.1. The van der Waals surface area contributed by atoms with Gasteiger partial charge in [-0.2, -0.15) is 18.3 Å². The summed E-state index contributed by atoms with van der Waals surface area (Å²) in [5.41, 5.74) is 0.312. The van der Waals surface area contributed by atoms with E-state index in [0.29, 0.717) is 18.7 Å². The summed E-state index contributed by atoms with van der Waals surface area (Å²) in [6.45, 7) is 1.07. The van der Waals surface area contributed by atoms with Crippen LogP contribution in [0.1, 0.15) is 47.4 Å². The number of nitrogens with zero attached hydrogens (tertiary/aromatic N) is 3. The van der Waals surface area contributed by atoms with Gasteiger partial charge in [-0.05, 0) is 30.5 Å². The molecule has 2 aliphatic heterocycles. The first-order valence-corrected chi connectivity index (χ1v) is 9.29. The van der Waals surface area contributed by atoms with Crippen molar-refractivity contribution in [3.63, 3.8) is 0 Å². The molecular weight excluding hydrogens is 400 g/mol. The second-order valence-corrected chi connectivity index (χ2v) is 7.37. The fourth-order valence-corrected chi connectivity index (χ4v) is 3.97. The number of aromatic nitrogens is 2. The molecule has 1 aromatic carbocycles. The molecule has 3 heterocycles. The zero-order valence-corrected chi connectivity index (χ0v) is 15.4. The maximum atomic E-state index is 13.7. The maximum Gasteiger partial charge on any atom is 0.410 e. The Bertz CT molecular complexity index is 890. The summed E-state index contributed by atoms with van der Waals surface area (Å²) < 4.78 is 55.1. The van der Waals surface area contributed by atoms with Gasteiger partial charge in [0.1, 0.15) is 16.7 Å². The molecule has 0 unspecified atom stereocenters. The fourth-order valence-electron chi connectivity index (χ4n) is 3.71. The molecule has 150 valence electrons. The number of benzene rings is 1. The molecule has 1 aromatic heterocycles. The van der Waals surface area contributed by atoms with E-state index in [1.165, 1.54) is 24.3 Å². The molecule has 0 bridgehead atoms. The number of hydrogen-bond acceptors (Lipinski definition) is 3. The minimum Gasteiger partial charge on any atom is -0.362 e. The van der Waals surface area contributed by atoms with Crippen molar-refractivity contribution in [3.05, 3.63) is 46.4 Å². The predicted octanol–water partition coefficient (Wildman–Crippen LogP) is 4.57. The molecule has 1 N–H and O–H groups in total. The number of nitrogens with one attached hydrogen (secondary N) is 1. The molecule has 1 saturated heterocycles. The van der Waals surface area contributed by atoms with Crippen LogP contribution < -0.4 is 5.32 Å². The number of likely N-dealkylation sites (tertiary alicyclic amines) is 1. The highest BCUT2D eigenvalue weighted by Crippen LogP contribution is 2.46. The standard InChI is InChI=1S/C18H17ClF4N4O/c19-14-15(17(28)26-7-1-2-8-26)25-27-13(18(21,22)23)9-12(24-16(14)27)10-3-5-11(20)6-4-10/h3-6,12-13,24H,1-2,7-9H2/t12-,13+/m0/s1. The van der Waals surface area contributed by atoms with Gasteiger partial charge in [0.25, 0.3) is 5.91 Å². The molecule has 0 saturated carbocycles. The van der Waals surface area contributed by atoms with Gasteiger partial charge >= 0.3 is 6.18 Å². The lowest BCUT2D eigenvalue weighted by Gasteiger charge is -2.33. The van der Waals surface area contributed by atoms with E-state index < -0.39 is 30.0 Å². The highest BCUT2D eigenvalue weighted by Gasteiger charge is 2.48. The van der Waals surface area contributed by atoms with E-state index in [1.54, 1.807) is 4.90 Å². The van der Waals surface area contributed by atoms with Crippen LogP contribution >= 0.6 is 11.6 Å². The van der Waals surface area contributed by atoms with E-state index in [2.05, 4.69) is 10.4 Å². The molecule has 1 amide bonds. The third-order valence-electron chi connectivity index (χ3n) is 5.16. The lowest BCUT2D eigenvalue weighted by Crippen LogP contribution is -2.36. The monoisotopic (exact) mass is 416 g/mol. The lowest BCUT2D eigenvalue weighted by atomic mass is 9.97. The molecule has 2 aromatic rings. The van der Waals surface area contributed by atoms with E-state index in [1.807, 2.05) is 0 Å². The van der Waals surface area contributed by atoms with Crippen molar-refractivity contribution in [3.8, 4) is 0 Å². The Morgan fingerprint density at radius 1 is 1.18 bits per heavy atom. The van der Waals surface area contributed by atoms with Gasteiger partial charge < -0.3 is 10.2 Å². The van der Waals surface area contributed by atoms with Crippen molar-refractivity contribution in [1.29, 1.82) is 0 Å². The number of amides is 1. The zero-order chi connectivity index (χ0) is 20.1. The summed E-state index contributed by atoms with van der Waals surface area (Å²) in [6, 6.07) is 2.54. The Morgan fingerprint density at radius 2 is 1.82 bits per heavy atom. The average molecular weight is 417 g/mol. The highest BCUT2D eigenvalue weighted by molar-refractivity contribution is 6.36. The van der Waals surface area contributed by atoms with E-state index in [0.717, 1.165) is 17.5 Å². The second kappa shape index (κ2) is 6.95. The Morgan fingerprint density at radius 3 is 2.43 bits per heavy atom. The molecule has 4 rings (SSSR count). The fraction of sp³-hybridized carbons (Fsp3) is 0.444. The maximum absolute atomic E-state index is 13.7. The minimum atomic E-state index is -4.58. The van der Waals surface area contributed by atoms with Crippen LogP contribution in [0.4, 0.5) is 23.4 Å². The van der Waals surface area contributed by atoms with Crippen molar-refractivity contribution in [2.45, 2.75) is 37.5 Å². The number of fused-ring (bicyclic) bond motifs is 1. The molecule has 2 aliphatic rings. The summed E-state index contributed by atoms with van der Waals surface area (Å²) in [6.07, 6.45) is -3.25. The first-order chi connectivity index (χ1) is 13.3. The first-order valence-electron chi connectivity index (χ1n) is 8.91. The molecular formula is C18H17ClF4N4O. The summed E-state index contributed by atoms with van der Waals surface area (Å²) in [4.78, 5) is 14.2. The third kappa shape index (κ3) is 3.32. The van der Waals surface area contributed by atoms with Crippen LogP contribution in [-0.4, -0.2) is 39.9 Å². The first kappa shape index (κ1) is 19.0. The highest BCUT2D eigenvalue weighted by atomic mass is 35.5. The molecule has 0 radical (unpaired) electrons. The molecule has 10 heteroatoms. The SMILES string of the molecule is O=C(c1nn2c(c1Cl)N[C@H](c1ccc(F)cc1)C[C@@H]2C(F)(F)F)N1CCCC1. The minimum absolute atomic E-state index is 0.0490. The largest absolute Gasteiger partial charge is 0.410 e. The van der Waals surface area contributed by atoms with Crippen molar-refractivity contribution >= 4 is 23.3 Å². The zero-order valence-electron chi connectivity index (χ0n) is 14.6. The van der Waals surface area contributed by atoms with Gasteiger partial charge in [0.05, 0.1) is 6.04 Å². The van der Waals surface area contributed by atoms with Gasteiger partial charge in [-0.1, -0.05) is 23.7 Å². The van der Waals surface area contributed by atoms with Crippen molar-refractivity contribution < 1.29 is 22.4 Å². The van der Waals surface area contributed by atoms with Crippen molar-refractivity contribution in [2.75, 3.05) is 18.4 Å². The topological polar surface area (TPSA) is 50.2 Å². The summed E-state index contributed by atoms with van der Waals surface area (Å²) in [7, 11) is 0. The quantitative estimate of drug-likeness (QED) is 0.729. The molecule has 2 atom stereocenters. The summed E-state index contributed by atoms with van der Waals surface area (Å²) in [5.74, 6) is -0.994. The molecule has 1 fully saturated rings. The molecule has 28 heavy (non-hydrogen) atoms. The number of hydrogen-bond donors (Lipinski definition) is 1. The van der Waals surface area contributed by atoms with Gasteiger partial charge in [-0.25, -0.2) is 9.07 Å².